The highest BCUT2D eigenvalue weighted by atomic mass is 79.9. The van der Waals surface area contributed by atoms with E-state index in [0.717, 1.165) is 17.4 Å². The number of pyridine rings is 1. The molecule has 2 N–H and O–H groups in total. The van der Waals surface area contributed by atoms with E-state index < -0.39 is 0 Å². The Hall–Kier alpha value is -0.410. The molecule has 0 saturated carbocycles. The van der Waals surface area contributed by atoms with Crippen LogP contribution in [0.25, 0.3) is 0 Å². The van der Waals surface area contributed by atoms with Crippen molar-refractivity contribution in [3.63, 3.8) is 0 Å². The first-order valence-corrected chi connectivity index (χ1v) is 4.87. The van der Waals surface area contributed by atoms with Gasteiger partial charge in [-0.3, -0.25) is 0 Å². The van der Waals surface area contributed by atoms with Gasteiger partial charge in [-0.1, -0.05) is 6.92 Å². The van der Waals surface area contributed by atoms with Crippen molar-refractivity contribution < 1.29 is 0 Å². The minimum atomic E-state index is 0.263. The minimum Gasteiger partial charge on any atom is -0.327 e. The molecule has 0 aliphatic rings. The zero-order valence-electron chi connectivity index (χ0n) is 7.13. The number of nitrogens with two attached hydrogens (primary N) is 1. The van der Waals surface area contributed by atoms with E-state index in [1.165, 1.54) is 5.56 Å². The molecule has 2 nitrogen and oxygen atoms in total. The van der Waals surface area contributed by atoms with E-state index in [-0.39, 0.29) is 6.04 Å². The second-order valence-electron chi connectivity index (χ2n) is 2.86. The molecule has 0 aliphatic carbocycles. The molecule has 0 aromatic carbocycles. The van der Waals surface area contributed by atoms with Crippen molar-refractivity contribution in [3.05, 3.63) is 28.5 Å². The summed E-state index contributed by atoms with van der Waals surface area (Å²) >= 11 is 3.32. The van der Waals surface area contributed by atoms with Gasteiger partial charge in [-0.05, 0) is 46.5 Å². The van der Waals surface area contributed by atoms with Crippen LogP contribution in [0.4, 0.5) is 0 Å². The van der Waals surface area contributed by atoms with E-state index in [1.807, 2.05) is 12.1 Å². The van der Waals surface area contributed by atoms with Gasteiger partial charge in [-0.2, -0.15) is 0 Å². The zero-order chi connectivity index (χ0) is 8.97. The van der Waals surface area contributed by atoms with Crippen molar-refractivity contribution in [2.45, 2.75) is 25.8 Å². The van der Waals surface area contributed by atoms with Crippen molar-refractivity contribution in [2.75, 3.05) is 0 Å². The molecule has 0 fully saturated rings. The number of halogens is 1. The molecule has 1 heterocycles. The van der Waals surface area contributed by atoms with E-state index in [1.54, 1.807) is 6.20 Å². The lowest BCUT2D eigenvalue weighted by Gasteiger charge is -2.07. The lowest BCUT2D eigenvalue weighted by molar-refractivity contribution is 0.646. The zero-order valence-corrected chi connectivity index (χ0v) is 8.71. The van der Waals surface area contributed by atoms with E-state index in [9.17, 15) is 0 Å². The fourth-order valence-corrected chi connectivity index (χ4v) is 1.43. The van der Waals surface area contributed by atoms with Crippen LogP contribution in [0.15, 0.2) is 22.9 Å². The summed E-state index contributed by atoms with van der Waals surface area (Å²) in [6, 6.07) is 4.27. The first kappa shape index (κ1) is 9.68. The molecule has 3 heteroatoms. The molecule has 1 aromatic rings. The Balaban J connectivity index is 2.63. The molecule has 1 atom stereocenters. The van der Waals surface area contributed by atoms with Crippen LogP contribution in [0.1, 0.15) is 18.9 Å². The molecule has 0 spiro atoms. The SMILES string of the molecule is CCC(N)Cc1ccnc(Br)c1. The van der Waals surface area contributed by atoms with Gasteiger partial charge in [0, 0.05) is 12.2 Å². The molecule has 1 aromatic heterocycles. The summed E-state index contributed by atoms with van der Waals surface area (Å²) in [7, 11) is 0. The maximum Gasteiger partial charge on any atom is 0.106 e. The van der Waals surface area contributed by atoms with Gasteiger partial charge < -0.3 is 5.73 Å². The van der Waals surface area contributed by atoms with Crippen LogP contribution >= 0.6 is 15.9 Å². The Morgan fingerprint density at radius 3 is 3.00 bits per heavy atom. The van der Waals surface area contributed by atoms with Crippen LogP contribution in [0.3, 0.4) is 0 Å². The number of aromatic nitrogens is 1. The molecule has 0 radical (unpaired) electrons. The predicted octanol–water partition coefficient (Wildman–Crippen LogP) is 2.12. The topological polar surface area (TPSA) is 38.9 Å². The third-order valence-corrected chi connectivity index (χ3v) is 2.25. The number of hydrogen-bond acceptors (Lipinski definition) is 2. The average molecular weight is 229 g/mol. The second-order valence-corrected chi connectivity index (χ2v) is 3.67. The highest BCUT2D eigenvalue weighted by molar-refractivity contribution is 9.10. The first-order chi connectivity index (χ1) is 5.72. The van der Waals surface area contributed by atoms with Crippen molar-refractivity contribution in [1.29, 1.82) is 0 Å². The van der Waals surface area contributed by atoms with Crippen LogP contribution in [-0.2, 0) is 6.42 Å². The maximum atomic E-state index is 5.82. The van der Waals surface area contributed by atoms with Crippen LogP contribution < -0.4 is 5.73 Å². The number of hydrogen-bond donors (Lipinski definition) is 1. The summed E-state index contributed by atoms with van der Waals surface area (Å²) in [5, 5.41) is 0. The van der Waals surface area contributed by atoms with Crippen molar-refractivity contribution in [3.8, 4) is 0 Å². The maximum absolute atomic E-state index is 5.82. The summed E-state index contributed by atoms with van der Waals surface area (Å²) in [5.74, 6) is 0. The van der Waals surface area contributed by atoms with Gasteiger partial charge in [-0.25, -0.2) is 4.98 Å². The van der Waals surface area contributed by atoms with E-state index in [0.29, 0.717) is 0 Å². The molecule has 0 aliphatic heterocycles. The van der Waals surface area contributed by atoms with Gasteiger partial charge in [0.1, 0.15) is 4.60 Å². The van der Waals surface area contributed by atoms with Gasteiger partial charge in [-0.15, -0.1) is 0 Å². The molecule has 1 unspecified atom stereocenters. The normalized spacial score (nSPS) is 12.9. The summed E-state index contributed by atoms with van der Waals surface area (Å²) in [4.78, 5) is 4.05. The lowest BCUT2D eigenvalue weighted by atomic mass is 10.1. The summed E-state index contributed by atoms with van der Waals surface area (Å²) in [6.45, 7) is 2.10. The molecule has 0 amide bonds. The largest absolute Gasteiger partial charge is 0.327 e. The third-order valence-electron chi connectivity index (χ3n) is 1.81. The first-order valence-electron chi connectivity index (χ1n) is 4.08. The van der Waals surface area contributed by atoms with Gasteiger partial charge in [0.25, 0.3) is 0 Å². The minimum absolute atomic E-state index is 0.263. The fourth-order valence-electron chi connectivity index (χ4n) is 1.02. The Morgan fingerprint density at radius 1 is 1.67 bits per heavy atom. The number of nitrogens with zero attached hydrogens (tertiary/aromatic N) is 1. The Labute approximate surface area is 81.3 Å². The van der Waals surface area contributed by atoms with Crippen LogP contribution in [0, 0.1) is 0 Å². The third kappa shape index (κ3) is 2.91. The number of rotatable bonds is 3. The average Bonchev–Trinajstić information content (AvgIpc) is 2.04. The molecule has 12 heavy (non-hydrogen) atoms. The molecule has 0 bridgehead atoms. The van der Waals surface area contributed by atoms with Gasteiger partial charge in [0.15, 0.2) is 0 Å². The van der Waals surface area contributed by atoms with Crippen LogP contribution in [0.5, 0.6) is 0 Å². The van der Waals surface area contributed by atoms with Gasteiger partial charge >= 0.3 is 0 Å². The Bertz CT molecular complexity index is 250. The smallest absolute Gasteiger partial charge is 0.106 e. The highest BCUT2D eigenvalue weighted by Gasteiger charge is 2.01. The summed E-state index contributed by atoms with van der Waals surface area (Å²) < 4.78 is 0.878. The molecule has 66 valence electrons. The molecule has 0 saturated heterocycles. The fraction of sp³-hybridized carbons (Fsp3) is 0.444. The second kappa shape index (κ2) is 4.58. The summed E-state index contributed by atoms with van der Waals surface area (Å²) in [6.07, 6.45) is 3.74. The Morgan fingerprint density at radius 2 is 2.42 bits per heavy atom. The van der Waals surface area contributed by atoms with E-state index >= 15 is 0 Å². The van der Waals surface area contributed by atoms with Crippen LogP contribution in [-0.4, -0.2) is 11.0 Å². The molecular weight excluding hydrogens is 216 g/mol. The molecular formula is C9H13BrN2. The van der Waals surface area contributed by atoms with Crippen molar-refractivity contribution >= 4 is 15.9 Å². The summed E-state index contributed by atoms with van der Waals surface area (Å²) in [5.41, 5.74) is 7.06. The van der Waals surface area contributed by atoms with Gasteiger partial charge in [0.2, 0.25) is 0 Å². The van der Waals surface area contributed by atoms with Crippen molar-refractivity contribution in [2.24, 2.45) is 5.73 Å². The lowest BCUT2D eigenvalue weighted by Crippen LogP contribution is -2.21. The quantitative estimate of drug-likeness (QED) is 0.806. The highest BCUT2D eigenvalue weighted by Crippen LogP contribution is 2.10. The van der Waals surface area contributed by atoms with Gasteiger partial charge in [0.05, 0.1) is 0 Å². The van der Waals surface area contributed by atoms with Crippen LogP contribution in [0.2, 0.25) is 0 Å². The Kier molecular flexibility index (Phi) is 3.69. The van der Waals surface area contributed by atoms with Crippen molar-refractivity contribution in [1.82, 2.24) is 4.98 Å². The standard InChI is InChI=1S/C9H13BrN2/c1-2-8(11)5-7-3-4-12-9(10)6-7/h3-4,6,8H,2,5,11H2,1H3. The monoisotopic (exact) mass is 228 g/mol. The van der Waals surface area contributed by atoms with E-state index in [2.05, 4.69) is 27.8 Å². The van der Waals surface area contributed by atoms with E-state index in [4.69, 9.17) is 5.73 Å². The molecule has 1 rings (SSSR count). The predicted molar refractivity (Wildman–Crippen MR) is 53.9 cm³/mol.